The Kier molecular flexibility index (Phi) is 8.83. The van der Waals surface area contributed by atoms with Crippen LogP contribution in [0.25, 0.3) is 0 Å². The maximum absolute atomic E-state index is 12.6. The molecule has 0 radical (unpaired) electrons. The van der Waals surface area contributed by atoms with Crippen molar-refractivity contribution in [3.8, 4) is 5.75 Å². The zero-order valence-corrected chi connectivity index (χ0v) is 22.0. The maximum atomic E-state index is 12.6. The van der Waals surface area contributed by atoms with E-state index in [9.17, 15) is 4.79 Å². The van der Waals surface area contributed by atoms with Gasteiger partial charge in [-0.05, 0) is 17.7 Å². The Balaban J connectivity index is 1.21. The highest BCUT2D eigenvalue weighted by atomic mass is 32.2. The summed E-state index contributed by atoms with van der Waals surface area (Å²) in [5.74, 6) is 2.84. The highest BCUT2D eigenvalue weighted by molar-refractivity contribution is 8.00. The third-order valence-corrected chi connectivity index (χ3v) is 7.50. The van der Waals surface area contributed by atoms with Crippen LogP contribution in [-0.4, -0.2) is 60.2 Å². The van der Waals surface area contributed by atoms with Crippen molar-refractivity contribution in [1.29, 1.82) is 0 Å². The van der Waals surface area contributed by atoms with E-state index in [0.717, 1.165) is 54.1 Å². The van der Waals surface area contributed by atoms with Crippen LogP contribution in [0.4, 0.5) is 5.13 Å². The molecule has 188 valence electrons. The Labute approximate surface area is 214 Å². The van der Waals surface area contributed by atoms with Gasteiger partial charge in [-0.3, -0.25) is 9.69 Å². The van der Waals surface area contributed by atoms with Crippen LogP contribution in [0.2, 0.25) is 0 Å². The molecule has 1 amide bonds. The van der Waals surface area contributed by atoms with Crippen LogP contribution in [0.15, 0.2) is 45.3 Å². The first kappa shape index (κ1) is 25.7. The lowest BCUT2D eigenvalue weighted by Crippen LogP contribution is -2.38. The molecule has 1 N–H and O–H groups in total. The van der Waals surface area contributed by atoms with E-state index in [4.69, 9.17) is 13.9 Å². The van der Waals surface area contributed by atoms with E-state index in [-0.39, 0.29) is 17.7 Å². The van der Waals surface area contributed by atoms with E-state index in [1.165, 1.54) is 11.3 Å². The number of benzene rings is 1. The molecule has 3 heterocycles. The van der Waals surface area contributed by atoms with Gasteiger partial charge < -0.3 is 19.2 Å². The smallest absolute Gasteiger partial charge is 0.230 e. The summed E-state index contributed by atoms with van der Waals surface area (Å²) < 4.78 is 18.1. The van der Waals surface area contributed by atoms with E-state index in [1.807, 2.05) is 24.3 Å². The van der Waals surface area contributed by atoms with Crippen LogP contribution in [0.3, 0.4) is 0 Å². The second-order valence-corrected chi connectivity index (χ2v) is 11.6. The van der Waals surface area contributed by atoms with Crippen LogP contribution in [0, 0.1) is 0 Å². The van der Waals surface area contributed by atoms with Gasteiger partial charge in [-0.15, -0.1) is 11.8 Å². The quantitative estimate of drug-likeness (QED) is 0.391. The van der Waals surface area contributed by atoms with Crippen molar-refractivity contribution in [2.24, 2.45) is 0 Å². The minimum absolute atomic E-state index is 0.0631. The standard InChI is InChI=1S/C25H32N4O4S2/c1-25(2,3)20-15-26-22(33-20)17-34-23-16-27-24(35-23)28-21(30)14-18-5-4-6-19(13-18)32-12-9-29-7-10-31-11-8-29/h4-6,13,15-16H,7-12,14,17H2,1-3H3,(H,27,28,30). The molecule has 1 saturated heterocycles. The molecule has 35 heavy (non-hydrogen) atoms. The van der Waals surface area contributed by atoms with Gasteiger partial charge in [0.2, 0.25) is 11.8 Å². The lowest BCUT2D eigenvalue weighted by atomic mass is 9.94. The molecule has 0 atom stereocenters. The monoisotopic (exact) mass is 516 g/mol. The third-order valence-electron chi connectivity index (χ3n) is 5.40. The number of amides is 1. The topological polar surface area (TPSA) is 89.7 Å². The molecule has 0 unspecified atom stereocenters. The largest absolute Gasteiger partial charge is 0.492 e. The predicted octanol–water partition coefficient (Wildman–Crippen LogP) is 4.61. The predicted molar refractivity (Wildman–Crippen MR) is 138 cm³/mol. The van der Waals surface area contributed by atoms with Crippen LogP contribution >= 0.6 is 23.1 Å². The van der Waals surface area contributed by atoms with Crippen LogP contribution < -0.4 is 10.1 Å². The van der Waals surface area contributed by atoms with E-state index in [0.29, 0.717) is 23.4 Å². The number of thiazole rings is 1. The summed E-state index contributed by atoms with van der Waals surface area (Å²) in [5.41, 5.74) is 0.836. The molecule has 1 aliphatic heterocycles. The molecule has 1 fully saturated rings. The summed E-state index contributed by atoms with van der Waals surface area (Å²) in [6, 6.07) is 7.69. The normalized spacial score (nSPS) is 14.7. The van der Waals surface area contributed by atoms with Gasteiger partial charge >= 0.3 is 0 Å². The van der Waals surface area contributed by atoms with Crippen molar-refractivity contribution in [3.05, 3.63) is 53.9 Å². The molecule has 0 spiro atoms. The second-order valence-electron chi connectivity index (χ2n) is 9.32. The molecule has 0 saturated carbocycles. The molecular formula is C25H32N4O4S2. The van der Waals surface area contributed by atoms with Gasteiger partial charge in [0.1, 0.15) is 18.1 Å². The van der Waals surface area contributed by atoms with Crippen molar-refractivity contribution in [2.75, 3.05) is 44.8 Å². The molecule has 4 rings (SSSR count). The Morgan fingerprint density at radius 3 is 2.83 bits per heavy atom. The van der Waals surface area contributed by atoms with Gasteiger partial charge in [-0.25, -0.2) is 9.97 Å². The number of nitrogens with one attached hydrogen (secondary N) is 1. The number of ether oxygens (including phenoxy) is 2. The van der Waals surface area contributed by atoms with Gasteiger partial charge in [0.15, 0.2) is 5.13 Å². The summed E-state index contributed by atoms with van der Waals surface area (Å²) in [6.07, 6.45) is 3.81. The molecule has 1 aromatic carbocycles. The van der Waals surface area contributed by atoms with E-state index in [2.05, 4.69) is 41.0 Å². The summed E-state index contributed by atoms with van der Waals surface area (Å²) in [7, 11) is 0. The molecule has 2 aromatic heterocycles. The first-order valence-corrected chi connectivity index (χ1v) is 13.5. The number of aromatic nitrogens is 2. The van der Waals surface area contributed by atoms with Crippen molar-refractivity contribution >= 4 is 34.1 Å². The van der Waals surface area contributed by atoms with Gasteiger partial charge in [-0.1, -0.05) is 44.2 Å². The zero-order chi connectivity index (χ0) is 24.7. The molecule has 0 aliphatic carbocycles. The number of thioether (sulfide) groups is 1. The van der Waals surface area contributed by atoms with E-state index < -0.39 is 0 Å². The second kappa shape index (κ2) is 12.0. The number of hydrogen-bond donors (Lipinski definition) is 1. The SMILES string of the molecule is CC(C)(C)c1cnc(CSc2cnc(NC(=O)Cc3cccc(OCCN4CCOCC4)c3)s2)o1. The van der Waals surface area contributed by atoms with Crippen LogP contribution in [0.5, 0.6) is 5.75 Å². The average molecular weight is 517 g/mol. The third kappa shape index (κ3) is 8.06. The van der Waals surface area contributed by atoms with Crippen LogP contribution in [-0.2, 0) is 27.1 Å². The molecule has 1 aliphatic rings. The van der Waals surface area contributed by atoms with Gasteiger partial charge in [0, 0.05) is 25.0 Å². The number of hydrogen-bond acceptors (Lipinski definition) is 9. The van der Waals surface area contributed by atoms with Gasteiger partial charge in [0.25, 0.3) is 0 Å². The van der Waals surface area contributed by atoms with Gasteiger partial charge in [-0.2, -0.15) is 0 Å². The number of carbonyl (C=O) groups is 1. The highest BCUT2D eigenvalue weighted by Gasteiger charge is 2.19. The molecular weight excluding hydrogens is 484 g/mol. The molecule has 0 bridgehead atoms. The number of carbonyl (C=O) groups excluding carboxylic acids is 1. The Bertz CT molecular complexity index is 1100. The van der Waals surface area contributed by atoms with E-state index >= 15 is 0 Å². The van der Waals surface area contributed by atoms with Crippen molar-refractivity contribution in [3.63, 3.8) is 0 Å². The first-order valence-electron chi connectivity index (χ1n) is 11.7. The highest BCUT2D eigenvalue weighted by Crippen LogP contribution is 2.32. The fourth-order valence-corrected chi connectivity index (χ4v) is 5.19. The summed E-state index contributed by atoms with van der Waals surface area (Å²) in [4.78, 5) is 23.6. The number of morpholine rings is 1. The molecule has 3 aromatic rings. The summed E-state index contributed by atoms with van der Waals surface area (Å²) >= 11 is 3.03. The summed E-state index contributed by atoms with van der Waals surface area (Å²) in [5, 5.41) is 3.48. The summed E-state index contributed by atoms with van der Waals surface area (Å²) in [6.45, 7) is 11.2. The first-order chi connectivity index (χ1) is 16.8. The fraction of sp³-hybridized carbons (Fsp3) is 0.480. The van der Waals surface area contributed by atoms with Gasteiger partial charge in [0.05, 0.1) is 42.0 Å². The number of rotatable bonds is 10. The van der Waals surface area contributed by atoms with E-state index in [1.54, 1.807) is 24.2 Å². The number of nitrogens with zero attached hydrogens (tertiary/aromatic N) is 3. The van der Waals surface area contributed by atoms with Crippen LogP contribution in [0.1, 0.15) is 38.0 Å². The minimum atomic E-state index is -0.108. The lowest BCUT2D eigenvalue weighted by molar-refractivity contribution is -0.115. The number of oxazole rings is 1. The zero-order valence-electron chi connectivity index (χ0n) is 20.4. The molecule has 8 nitrogen and oxygen atoms in total. The maximum Gasteiger partial charge on any atom is 0.230 e. The fourth-order valence-electron chi connectivity index (χ4n) is 3.45. The van der Waals surface area contributed by atoms with Crippen molar-refractivity contribution in [1.82, 2.24) is 14.9 Å². The number of anilines is 1. The molecule has 10 heteroatoms. The minimum Gasteiger partial charge on any atom is -0.492 e. The average Bonchev–Trinajstić information content (AvgIpc) is 3.48. The van der Waals surface area contributed by atoms with Crippen molar-refractivity contribution in [2.45, 2.75) is 42.6 Å². The lowest BCUT2D eigenvalue weighted by Gasteiger charge is -2.26. The Hall–Kier alpha value is -2.40. The Morgan fingerprint density at radius 2 is 2.06 bits per heavy atom. The Morgan fingerprint density at radius 1 is 1.23 bits per heavy atom. The van der Waals surface area contributed by atoms with Crippen molar-refractivity contribution < 1.29 is 18.7 Å².